The van der Waals surface area contributed by atoms with E-state index in [-0.39, 0.29) is 0 Å². The van der Waals surface area contributed by atoms with Gasteiger partial charge < -0.3 is 10.1 Å². The fourth-order valence-electron chi connectivity index (χ4n) is 2.09. The topological polar surface area (TPSA) is 21.3 Å². The highest BCUT2D eigenvalue weighted by Crippen LogP contribution is 2.35. The fourth-order valence-corrected chi connectivity index (χ4v) is 3.38. The van der Waals surface area contributed by atoms with Crippen LogP contribution in [0.15, 0.2) is 17.0 Å². The molecule has 1 saturated heterocycles. The van der Waals surface area contributed by atoms with E-state index in [1.165, 1.54) is 35.3 Å². The Hall–Kier alpha value is -0.670. The summed E-state index contributed by atoms with van der Waals surface area (Å²) in [6.07, 6.45) is 3.89. The Balaban J connectivity index is 2.15. The molecular weight excluding hydrogens is 230 g/mol. The number of hydrogen-bond acceptors (Lipinski definition) is 3. The van der Waals surface area contributed by atoms with Crippen LogP contribution in [0.5, 0.6) is 5.75 Å². The van der Waals surface area contributed by atoms with E-state index in [2.05, 4.69) is 31.3 Å². The Labute approximate surface area is 108 Å². The van der Waals surface area contributed by atoms with Crippen molar-refractivity contribution >= 4 is 11.8 Å². The number of hydrogen-bond donors (Lipinski definition) is 1. The van der Waals surface area contributed by atoms with Crippen LogP contribution in [0.3, 0.4) is 0 Å². The van der Waals surface area contributed by atoms with E-state index in [0.29, 0.717) is 5.37 Å². The van der Waals surface area contributed by atoms with Gasteiger partial charge in [0, 0.05) is 0 Å². The van der Waals surface area contributed by atoms with Crippen LogP contribution in [0.1, 0.15) is 30.4 Å². The van der Waals surface area contributed by atoms with Crippen LogP contribution in [-0.4, -0.2) is 19.0 Å². The highest BCUT2D eigenvalue weighted by Gasteiger charge is 2.16. The van der Waals surface area contributed by atoms with Gasteiger partial charge in [0.1, 0.15) is 5.75 Å². The Bertz CT molecular complexity index is 386. The van der Waals surface area contributed by atoms with Gasteiger partial charge >= 0.3 is 0 Å². The number of aryl methyl sites for hydroxylation is 2. The summed E-state index contributed by atoms with van der Waals surface area (Å²) >= 11 is 1.90. The van der Waals surface area contributed by atoms with Crippen molar-refractivity contribution in [2.24, 2.45) is 0 Å². The summed E-state index contributed by atoms with van der Waals surface area (Å²) in [4.78, 5) is 1.26. The van der Waals surface area contributed by atoms with Gasteiger partial charge in [0.25, 0.3) is 0 Å². The second kappa shape index (κ2) is 5.78. The first-order valence-electron chi connectivity index (χ1n) is 6.26. The number of methoxy groups -OCH3 is 1. The number of thioether (sulfide) groups is 1. The molecule has 0 radical (unpaired) electrons. The molecule has 0 saturated carbocycles. The van der Waals surface area contributed by atoms with Crippen LogP contribution < -0.4 is 10.1 Å². The lowest BCUT2D eigenvalue weighted by Crippen LogP contribution is -2.31. The lowest BCUT2D eigenvalue weighted by atomic mass is 10.1. The quantitative estimate of drug-likeness (QED) is 0.888. The molecule has 1 unspecified atom stereocenters. The minimum atomic E-state index is 0.541. The lowest BCUT2D eigenvalue weighted by molar-refractivity contribution is 0.403. The summed E-state index contributed by atoms with van der Waals surface area (Å²) in [6.45, 7) is 5.43. The third-order valence-electron chi connectivity index (χ3n) is 3.31. The summed E-state index contributed by atoms with van der Waals surface area (Å²) in [5.74, 6) is 1.01. The van der Waals surface area contributed by atoms with Gasteiger partial charge in [-0.3, -0.25) is 0 Å². The second-order valence-corrected chi connectivity index (χ2v) is 5.89. The van der Waals surface area contributed by atoms with Crippen LogP contribution in [0, 0.1) is 13.8 Å². The number of ether oxygens (including phenoxy) is 1. The van der Waals surface area contributed by atoms with Gasteiger partial charge in [-0.1, -0.05) is 0 Å². The molecule has 1 aromatic carbocycles. The molecule has 2 rings (SSSR count). The molecule has 1 aliphatic rings. The van der Waals surface area contributed by atoms with Crippen molar-refractivity contribution in [3.8, 4) is 5.75 Å². The van der Waals surface area contributed by atoms with Gasteiger partial charge in [-0.25, -0.2) is 0 Å². The Morgan fingerprint density at radius 2 is 2.00 bits per heavy atom. The predicted octanol–water partition coefficient (Wildman–Crippen LogP) is 3.50. The molecule has 2 nitrogen and oxygen atoms in total. The third-order valence-corrected chi connectivity index (χ3v) is 4.57. The fraction of sp³-hybridized carbons (Fsp3) is 0.571. The first kappa shape index (κ1) is 12.8. The number of rotatable bonds is 3. The summed E-state index contributed by atoms with van der Waals surface area (Å²) < 4.78 is 5.47. The van der Waals surface area contributed by atoms with Crippen molar-refractivity contribution in [3.63, 3.8) is 0 Å². The standard InChI is InChI=1S/C14H21NOS/c1-10-8-12(16-3)13(9-11(10)2)17-14-6-4-5-7-15-14/h8-9,14-15H,4-7H2,1-3H3. The Kier molecular flexibility index (Phi) is 4.35. The van der Waals surface area contributed by atoms with E-state index >= 15 is 0 Å². The van der Waals surface area contributed by atoms with Crippen molar-refractivity contribution in [2.75, 3.05) is 13.7 Å². The lowest BCUT2D eigenvalue weighted by Gasteiger charge is -2.24. The molecule has 0 aromatic heterocycles. The minimum absolute atomic E-state index is 0.541. The molecule has 1 heterocycles. The zero-order valence-corrected chi connectivity index (χ0v) is 11.7. The zero-order chi connectivity index (χ0) is 12.3. The van der Waals surface area contributed by atoms with Crippen molar-refractivity contribution in [1.82, 2.24) is 5.32 Å². The number of piperidine rings is 1. The van der Waals surface area contributed by atoms with Gasteiger partial charge in [0.2, 0.25) is 0 Å². The van der Waals surface area contributed by atoms with Crippen molar-refractivity contribution in [1.29, 1.82) is 0 Å². The first-order valence-corrected chi connectivity index (χ1v) is 7.14. The first-order chi connectivity index (χ1) is 8.20. The Morgan fingerprint density at radius 1 is 1.24 bits per heavy atom. The Morgan fingerprint density at radius 3 is 2.65 bits per heavy atom. The molecule has 1 atom stereocenters. The van der Waals surface area contributed by atoms with E-state index in [0.717, 1.165) is 12.3 Å². The van der Waals surface area contributed by atoms with Crippen LogP contribution in [-0.2, 0) is 0 Å². The maximum atomic E-state index is 5.47. The van der Waals surface area contributed by atoms with E-state index in [1.807, 2.05) is 11.8 Å². The van der Waals surface area contributed by atoms with Crippen LogP contribution >= 0.6 is 11.8 Å². The van der Waals surface area contributed by atoms with Gasteiger partial charge in [0.05, 0.1) is 17.4 Å². The predicted molar refractivity (Wildman–Crippen MR) is 74.0 cm³/mol. The van der Waals surface area contributed by atoms with Crippen LogP contribution in [0.2, 0.25) is 0 Å². The smallest absolute Gasteiger partial charge is 0.132 e. The molecular formula is C14H21NOS. The maximum Gasteiger partial charge on any atom is 0.132 e. The summed E-state index contributed by atoms with van der Waals surface area (Å²) in [6, 6.07) is 4.38. The van der Waals surface area contributed by atoms with E-state index in [9.17, 15) is 0 Å². The number of benzene rings is 1. The minimum Gasteiger partial charge on any atom is -0.496 e. The van der Waals surface area contributed by atoms with Crippen LogP contribution in [0.25, 0.3) is 0 Å². The summed E-state index contributed by atoms with van der Waals surface area (Å²) in [5, 5.41) is 4.10. The monoisotopic (exact) mass is 251 g/mol. The SMILES string of the molecule is COc1cc(C)c(C)cc1SC1CCCCN1. The average Bonchev–Trinajstić information content (AvgIpc) is 2.35. The molecule has 1 aliphatic heterocycles. The molecule has 17 heavy (non-hydrogen) atoms. The normalized spacial score (nSPS) is 20.3. The van der Waals surface area contributed by atoms with Gasteiger partial charge in [0.15, 0.2) is 0 Å². The largest absolute Gasteiger partial charge is 0.496 e. The molecule has 0 spiro atoms. The van der Waals surface area contributed by atoms with E-state index < -0.39 is 0 Å². The van der Waals surface area contributed by atoms with Crippen LogP contribution in [0.4, 0.5) is 0 Å². The van der Waals surface area contributed by atoms with Crippen molar-refractivity contribution in [2.45, 2.75) is 43.4 Å². The average molecular weight is 251 g/mol. The number of nitrogens with one attached hydrogen (secondary N) is 1. The zero-order valence-electron chi connectivity index (χ0n) is 10.9. The molecule has 0 amide bonds. The molecule has 1 aromatic rings. The molecule has 1 N–H and O–H groups in total. The molecule has 1 fully saturated rings. The molecule has 94 valence electrons. The van der Waals surface area contributed by atoms with Gasteiger partial charge in [-0.05, 0) is 62.9 Å². The highest BCUT2D eigenvalue weighted by atomic mass is 32.2. The van der Waals surface area contributed by atoms with E-state index in [4.69, 9.17) is 4.74 Å². The maximum absolute atomic E-state index is 5.47. The van der Waals surface area contributed by atoms with Gasteiger partial charge in [-0.2, -0.15) is 0 Å². The highest BCUT2D eigenvalue weighted by molar-refractivity contribution is 8.00. The van der Waals surface area contributed by atoms with E-state index in [1.54, 1.807) is 7.11 Å². The summed E-state index contributed by atoms with van der Waals surface area (Å²) in [7, 11) is 1.75. The third kappa shape index (κ3) is 3.17. The molecule has 3 heteroatoms. The molecule has 0 aliphatic carbocycles. The van der Waals surface area contributed by atoms with Gasteiger partial charge in [-0.15, -0.1) is 11.8 Å². The van der Waals surface area contributed by atoms with Crippen molar-refractivity contribution < 1.29 is 4.74 Å². The molecule has 0 bridgehead atoms. The van der Waals surface area contributed by atoms with Crippen molar-refractivity contribution in [3.05, 3.63) is 23.3 Å². The summed E-state index contributed by atoms with van der Waals surface area (Å²) in [5.41, 5.74) is 2.63. The second-order valence-electron chi connectivity index (χ2n) is 4.64.